The molecule has 2 aromatic heterocycles. The summed E-state index contributed by atoms with van der Waals surface area (Å²) in [5.74, 6) is 0. The monoisotopic (exact) mass is 306 g/mol. The summed E-state index contributed by atoms with van der Waals surface area (Å²) in [7, 11) is 0. The van der Waals surface area contributed by atoms with Crippen molar-refractivity contribution in [3.63, 3.8) is 0 Å². The van der Waals surface area contributed by atoms with Crippen molar-refractivity contribution in [2.75, 3.05) is 0 Å². The normalized spacial score (nSPS) is 10.8. The summed E-state index contributed by atoms with van der Waals surface area (Å²) in [6.07, 6.45) is 1.11. The van der Waals surface area contributed by atoms with Gasteiger partial charge < -0.3 is 4.98 Å². The Bertz CT molecular complexity index is 772. The summed E-state index contributed by atoms with van der Waals surface area (Å²) in [4.78, 5) is 21.1. The van der Waals surface area contributed by atoms with Gasteiger partial charge in [0, 0.05) is 10.9 Å². The summed E-state index contributed by atoms with van der Waals surface area (Å²) in [5, 5.41) is 12.9. The quantitative estimate of drug-likeness (QED) is 0.345. The van der Waals surface area contributed by atoms with Crippen LogP contribution in [0.2, 0.25) is 5.28 Å². The lowest BCUT2D eigenvalue weighted by Gasteiger charge is -1.99. The molecule has 100 valence electrons. The van der Waals surface area contributed by atoms with Crippen LogP contribution >= 0.6 is 23.4 Å². The second-order valence-corrected chi connectivity index (χ2v) is 5.28. The van der Waals surface area contributed by atoms with Gasteiger partial charge in [-0.2, -0.15) is 0 Å². The number of hydrogen-bond acceptors (Lipinski definition) is 5. The molecule has 20 heavy (non-hydrogen) atoms. The summed E-state index contributed by atoms with van der Waals surface area (Å²) in [6, 6.07) is 9.63. The fourth-order valence-electron chi connectivity index (χ4n) is 1.75. The number of para-hydroxylation sites is 1. The van der Waals surface area contributed by atoms with Crippen molar-refractivity contribution in [2.24, 2.45) is 0 Å². The lowest BCUT2D eigenvalue weighted by Crippen LogP contribution is -1.95. The van der Waals surface area contributed by atoms with Gasteiger partial charge in [0.1, 0.15) is 6.20 Å². The summed E-state index contributed by atoms with van der Waals surface area (Å²) >= 11 is 6.85. The Kier molecular flexibility index (Phi) is 3.29. The molecular formula is C12H7ClN4O2S. The molecule has 1 aromatic carbocycles. The van der Waals surface area contributed by atoms with Gasteiger partial charge in [-0.25, -0.2) is 9.97 Å². The van der Waals surface area contributed by atoms with Crippen LogP contribution in [0.4, 0.5) is 5.69 Å². The van der Waals surface area contributed by atoms with Crippen molar-refractivity contribution in [2.45, 2.75) is 10.1 Å². The molecule has 0 aliphatic heterocycles. The number of aromatic amines is 1. The number of aromatic nitrogens is 3. The number of benzene rings is 1. The van der Waals surface area contributed by atoms with Crippen LogP contribution in [0.5, 0.6) is 0 Å². The maximum atomic E-state index is 11.0. The third kappa shape index (κ3) is 2.45. The number of rotatable bonds is 3. The van der Waals surface area contributed by atoms with E-state index in [0.717, 1.165) is 33.9 Å². The SMILES string of the molecule is O=[N+]([O-])c1cnc(Cl)nc1Sc1cc2ccccc2[nH]1. The van der Waals surface area contributed by atoms with Crippen molar-refractivity contribution in [3.8, 4) is 0 Å². The average molecular weight is 307 g/mol. The molecule has 1 N–H and O–H groups in total. The smallest absolute Gasteiger partial charge is 0.320 e. The highest BCUT2D eigenvalue weighted by Crippen LogP contribution is 2.34. The van der Waals surface area contributed by atoms with E-state index in [1.54, 1.807) is 0 Å². The fourth-order valence-corrected chi connectivity index (χ4v) is 2.85. The molecule has 0 spiro atoms. The van der Waals surface area contributed by atoms with Crippen LogP contribution in [-0.2, 0) is 0 Å². The molecule has 0 saturated heterocycles. The second-order valence-electron chi connectivity index (χ2n) is 3.91. The van der Waals surface area contributed by atoms with Crippen molar-refractivity contribution in [3.05, 3.63) is 51.9 Å². The number of halogens is 1. The third-order valence-corrected chi connectivity index (χ3v) is 3.73. The third-order valence-electron chi connectivity index (χ3n) is 2.61. The van der Waals surface area contributed by atoms with Crippen LogP contribution in [0, 0.1) is 10.1 Å². The highest BCUT2D eigenvalue weighted by molar-refractivity contribution is 7.99. The molecule has 0 unspecified atom stereocenters. The maximum absolute atomic E-state index is 11.0. The Balaban J connectivity index is 2.01. The van der Waals surface area contributed by atoms with Gasteiger partial charge in [0.2, 0.25) is 5.28 Å². The molecule has 6 nitrogen and oxygen atoms in total. The summed E-state index contributed by atoms with van der Waals surface area (Å²) in [6.45, 7) is 0. The van der Waals surface area contributed by atoms with E-state index < -0.39 is 4.92 Å². The van der Waals surface area contributed by atoms with Gasteiger partial charge in [0.15, 0.2) is 5.03 Å². The van der Waals surface area contributed by atoms with Crippen molar-refractivity contribution < 1.29 is 4.92 Å². The highest BCUT2D eigenvalue weighted by atomic mass is 35.5. The Morgan fingerprint density at radius 1 is 1.35 bits per heavy atom. The lowest BCUT2D eigenvalue weighted by atomic mass is 10.3. The Morgan fingerprint density at radius 3 is 2.90 bits per heavy atom. The predicted molar refractivity (Wildman–Crippen MR) is 76.1 cm³/mol. The molecule has 0 aliphatic rings. The first-order valence-electron chi connectivity index (χ1n) is 5.56. The van der Waals surface area contributed by atoms with Gasteiger partial charge in [-0.3, -0.25) is 10.1 Å². The number of nitro groups is 1. The van der Waals surface area contributed by atoms with Gasteiger partial charge in [0.25, 0.3) is 0 Å². The predicted octanol–water partition coefficient (Wildman–Crippen LogP) is 3.67. The minimum Gasteiger partial charge on any atom is -0.349 e. The van der Waals surface area contributed by atoms with Crippen LogP contribution in [0.25, 0.3) is 10.9 Å². The zero-order valence-corrected chi connectivity index (χ0v) is 11.5. The molecule has 0 saturated carbocycles. The molecule has 0 aliphatic carbocycles. The van der Waals surface area contributed by atoms with Gasteiger partial charge in [-0.15, -0.1) is 0 Å². The standard InChI is InChI=1S/C12H7ClN4O2S/c13-12-14-6-9(17(18)19)11(16-12)20-10-5-7-3-1-2-4-8(7)15-10/h1-6,15H. The first-order chi connectivity index (χ1) is 9.63. The second kappa shape index (κ2) is 5.10. The molecule has 0 fully saturated rings. The molecule has 0 radical (unpaired) electrons. The van der Waals surface area contributed by atoms with E-state index in [1.165, 1.54) is 0 Å². The van der Waals surface area contributed by atoms with Gasteiger partial charge >= 0.3 is 5.69 Å². The molecule has 8 heteroatoms. The fraction of sp³-hybridized carbons (Fsp3) is 0. The van der Waals surface area contributed by atoms with E-state index in [0.29, 0.717) is 0 Å². The zero-order chi connectivity index (χ0) is 14.1. The summed E-state index contributed by atoms with van der Waals surface area (Å²) in [5.41, 5.74) is 0.788. The zero-order valence-electron chi connectivity index (χ0n) is 9.91. The number of nitrogens with zero attached hydrogens (tertiary/aromatic N) is 3. The van der Waals surface area contributed by atoms with Crippen LogP contribution in [0.15, 0.2) is 46.6 Å². The van der Waals surface area contributed by atoms with Crippen LogP contribution in [0.3, 0.4) is 0 Å². The lowest BCUT2D eigenvalue weighted by molar-refractivity contribution is -0.388. The molecule has 2 heterocycles. The van der Waals surface area contributed by atoms with Crippen molar-refractivity contribution in [1.82, 2.24) is 15.0 Å². The molecule has 0 amide bonds. The maximum Gasteiger partial charge on any atom is 0.320 e. The largest absolute Gasteiger partial charge is 0.349 e. The molecule has 3 aromatic rings. The Labute approximate surface area is 122 Å². The number of fused-ring (bicyclic) bond motifs is 1. The molecular weight excluding hydrogens is 300 g/mol. The first kappa shape index (κ1) is 12.9. The Morgan fingerprint density at radius 2 is 2.15 bits per heavy atom. The topological polar surface area (TPSA) is 84.7 Å². The molecule has 0 bridgehead atoms. The molecule has 0 atom stereocenters. The van der Waals surface area contributed by atoms with Crippen LogP contribution in [-0.4, -0.2) is 19.9 Å². The Hall–Kier alpha value is -2.12. The van der Waals surface area contributed by atoms with Gasteiger partial charge in [-0.05, 0) is 35.5 Å². The molecule has 3 rings (SSSR count). The number of nitrogens with one attached hydrogen (secondary N) is 1. The number of H-pyrrole nitrogens is 1. The first-order valence-corrected chi connectivity index (χ1v) is 6.75. The van der Waals surface area contributed by atoms with E-state index in [2.05, 4.69) is 15.0 Å². The van der Waals surface area contributed by atoms with Crippen LogP contribution in [0.1, 0.15) is 0 Å². The van der Waals surface area contributed by atoms with Gasteiger partial charge in [0.05, 0.1) is 9.95 Å². The highest BCUT2D eigenvalue weighted by Gasteiger charge is 2.18. The van der Waals surface area contributed by atoms with Crippen molar-refractivity contribution >= 4 is 40.0 Å². The summed E-state index contributed by atoms with van der Waals surface area (Å²) < 4.78 is 0. The van der Waals surface area contributed by atoms with Gasteiger partial charge in [-0.1, -0.05) is 18.2 Å². The average Bonchev–Trinajstić information content (AvgIpc) is 2.80. The van der Waals surface area contributed by atoms with E-state index in [4.69, 9.17) is 11.6 Å². The van der Waals surface area contributed by atoms with E-state index in [-0.39, 0.29) is 16.0 Å². The van der Waals surface area contributed by atoms with E-state index >= 15 is 0 Å². The number of hydrogen-bond donors (Lipinski definition) is 1. The van der Waals surface area contributed by atoms with Crippen molar-refractivity contribution in [1.29, 1.82) is 0 Å². The minimum absolute atomic E-state index is 0.0192. The van der Waals surface area contributed by atoms with Crippen LogP contribution < -0.4 is 0 Å². The minimum atomic E-state index is -0.526. The van der Waals surface area contributed by atoms with E-state index in [1.807, 2.05) is 30.3 Å². The van der Waals surface area contributed by atoms with E-state index in [9.17, 15) is 10.1 Å².